The maximum absolute atomic E-state index is 13.7. The van der Waals surface area contributed by atoms with Gasteiger partial charge in [-0.3, -0.25) is 4.79 Å². The van der Waals surface area contributed by atoms with Gasteiger partial charge >= 0.3 is 0 Å². The lowest BCUT2D eigenvalue weighted by Crippen LogP contribution is -2.39. The zero-order valence-corrected chi connectivity index (χ0v) is 12.5. The highest BCUT2D eigenvalue weighted by molar-refractivity contribution is 9.10. The number of carbonyl (C=O) groups is 1. The van der Waals surface area contributed by atoms with Crippen molar-refractivity contribution in [2.75, 3.05) is 26.7 Å². The van der Waals surface area contributed by atoms with E-state index in [-0.39, 0.29) is 11.5 Å². The average molecular weight is 329 g/mol. The fraction of sp³-hybridized carbons (Fsp3) is 0.500. The summed E-state index contributed by atoms with van der Waals surface area (Å²) in [6, 6.07) is 4.58. The van der Waals surface area contributed by atoms with Gasteiger partial charge in [0.05, 0.1) is 5.56 Å². The second-order valence-corrected chi connectivity index (χ2v) is 5.85. The summed E-state index contributed by atoms with van der Waals surface area (Å²) in [5, 5.41) is 3.32. The Morgan fingerprint density at radius 1 is 1.58 bits per heavy atom. The lowest BCUT2D eigenvalue weighted by Gasteiger charge is -2.28. The Morgan fingerprint density at radius 3 is 3.00 bits per heavy atom. The first-order valence-electron chi connectivity index (χ1n) is 6.50. The lowest BCUT2D eigenvalue weighted by atomic mass is 9.99. The van der Waals surface area contributed by atoms with Crippen LogP contribution in [-0.4, -0.2) is 37.5 Å². The third-order valence-corrected chi connectivity index (χ3v) is 4.12. The van der Waals surface area contributed by atoms with Crippen molar-refractivity contribution in [3.63, 3.8) is 0 Å². The number of nitrogens with zero attached hydrogens (tertiary/aromatic N) is 1. The fourth-order valence-electron chi connectivity index (χ4n) is 2.44. The number of nitrogens with one attached hydrogen (secondary N) is 1. The summed E-state index contributed by atoms with van der Waals surface area (Å²) < 4.78 is 14.3. The molecule has 2 rings (SSSR count). The van der Waals surface area contributed by atoms with Crippen LogP contribution in [0.3, 0.4) is 0 Å². The van der Waals surface area contributed by atoms with Gasteiger partial charge in [-0.25, -0.2) is 4.39 Å². The van der Waals surface area contributed by atoms with Gasteiger partial charge in [0.1, 0.15) is 5.82 Å². The molecule has 0 spiro atoms. The van der Waals surface area contributed by atoms with Crippen LogP contribution in [0.15, 0.2) is 22.7 Å². The molecule has 0 aromatic heterocycles. The normalized spacial score (nSPS) is 19.2. The Morgan fingerprint density at radius 2 is 2.37 bits per heavy atom. The summed E-state index contributed by atoms with van der Waals surface area (Å²) in [5.41, 5.74) is 0.119. The van der Waals surface area contributed by atoms with Crippen LogP contribution >= 0.6 is 15.9 Å². The average Bonchev–Trinajstić information content (AvgIpc) is 2.39. The van der Waals surface area contributed by atoms with E-state index in [1.54, 1.807) is 24.1 Å². The maximum atomic E-state index is 13.7. The molecule has 1 saturated heterocycles. The molecule has 1 fully saturated rings. The number of benzene rings is 1. The smallest absolute Gasteiger partial charge is 0.257 e. The Kier molecular flexibility index (Phi) is 4.93. The number of carbonyl (C=O) groups excluding carboxylic acids is 1. The zero-order chi connectivity index (χ0) is 13.8. The van der Waals surface area contributed by atoms with Gasteiger partial charge in [-0.05, 0) is 59.9 Å². The van der Waals surface area contributed by atoms with Crippen LogP contribution in [0.2, 0.25) is 0 Å². The van der Waals surface area contributed by atoms with E-state index >= 15 is 0 Å². The maximum Gasteiger partial charge on any atom is 0.257 e. The van der Waals surface area contributed by atoms with Gasteiger partial charge in [-0.15, -0.1) is 0 Å². The molecule has 1 N–H and O–H groups in total. The number of amides is 1. The molecule has 0 aliphatic carbocycles. The van der Waals surface area contributed by atoms with Crippen LogP contribution in [0.4, 0.5) is 4.39 Å². The molecule has 1 aromatic rings. The minimum absolute atomic E-state index is 0.119. The van der Waals surface area contributed by atoms with Crippen molar-refractivity contribution in [2.45, 2.75) is 12.8 Å². The van der Waals surface area contributed by atoms with E-state index in [0.29, 0.717) is 16.9 Å². The summed E-state index contributed by atoms with van der Waals surface area (Å²) in [6.07, 6.45) is 2.25. The monoisotopic (exact) mass is 328 g/mol. The molecular formula is C14H18BrFN2O. The SMILES string of the molecule is CN(CC1CCCNC1)C(=O)c1c(F)cccc1Br. The van der Waals surface area contributed by atoms with Gasteiger partial charge < -0.3 is 10.2 Å². The van der Waals surface area contributed by atoms with Gasteiger partial charge in [-0.2, -0.15) is 0 Å². The minimum Gasteiger partial charge on any atom is -0.341 e. The third kappa shape index (κ3) is 3.54. The minimum atomic E-state index is -0.479. The van der Waals surface area contributed by atoms with Crippen molar-refractivity contribution in [3.05, 3.63) is 34.1 Å². The van der Waals surface area contributed by atoms with Crippen molar-refractivity contribution < 1.29 is 9.18 Å². The largest absolute Gasteiger partial charge is 0.341 e. The van der Waals surface area contributed by atoms with E-state index in [2.05, 4.69) is 21.2 Å². The highest BCUT2D eigenvalue weighted by atomic mass is 79.9. The molecule has 104 valence electrons. The predicted octanol–water partition coefficient (Wildman–Crippen LogP) is 2.66. The summed E-state index contributed by atoms with van der Waals surface area (Å²) in [6.45, 7) is 2.63. The first-order chi connectivity index (χ1) is 9.09. The molecule has 1 unspecified atom stereocenters. The molecule has 1 aromatic carbocycles. The molecule has 19 heavy (non-hydrogen) atoms. The number of rotatable bonds is 3. The Balaban J connectivity index is 2.06. The molecule has 1 heterocycles. The van der Waals surface area contributed by atoms with E-state index in [4.69, 9.17) is 0 Å². The summed E-state index contributed by atoms with van der Waals surface area (Å²) in [7, 11) is 1.73. The van der Waals surface area contributed by atoms with Crippen LogP contribution in [-0.2, 0) is 0 Å². The Hall–Kier alpha value is -0.940. The number of piperidine rings is 1. The fourth-order valence-corrected chi connectivity index (χ4v) is 2.95. The highest BCUT2D eigenvalue weighted by Gasteiger charge is 2.22. The predicted molar refractivity (Wildman–Crippen MR) is 76.7 cm³/mol. The first-order valence-corrected chi connectivity index (χ1v) is 7.29. The van der Waals surface area contributed by atoms with Crippen molar-refractivity contribution in [1.29, 1.82) is 0 Å². The molecule has 3 nitrogen and oxygen atoms in total. The van der Waals surface area contributed by atoms with E-state index in [1.165, 1.54) is 6.07 Å². The molecule has 1 atom stereocenters. The van der Waals surface area contributed by atoms with Crippen LogP contribution in [0.25, 0.3) is 0 Å². The van der Waals surface area contributed by atoms with Gasteiger partial charge in [0, 0.05) is 18.1 Å². The second-order valence-electron chi connectivity index (χ2n) is 4.99. The van der Waals surface area contributed by atoms with E-state index < -0.39 is 5.82 Å². The first kappa shape index (κ1) is 14.5. The van der Waals surface area contributed by atoms with Crippen LogP contribution in [0.1, 0.15) is 23.2 Å². The quantitative estimate of drug-likeness (QED) is 0.925. The number of hydrogen-bond donors (Lipinski definition) is 1. The van der Waals surface area contributed by atoms with E-state index in [1.807, 2.05) is 0 Å². The molecular weight excluding hydrogens is 311 g/mol. The van der Waals surface area contributed by atoms with Crippen molar-refractivity contribution >= 4 is 21.8 Å². The van der Waals surface area contributed by atoms with E-state index in [9.17, 15) is 9.18 Å². The number of hydrogen-bond acceptors (Lipinski definition) is 2. The van der Waals surface area contributed by atoms with Crippen LogP contribution in [0.5, 0.6) is 0 Å². The molecule has 0 bridgehead atoms. The topological polar surface area (TPSA) is 32.3 Å². The van der Waals surface area contributed by atoms with Crippen molar-refractivity contribution in [2.24, 2.45) is 5.92 Å². The van der Waals surface area contributed by atoms with Crippen LogP contribution in [0, 0.1) is 11.7 Å². The van der Waals surface area contributed by atoms with Crippen molar-refractivity contribution in [3.8, 4) is 0 Å². The molecule has 1 aliphatic rings. The standard InChI is InChI=1S/C14H18BrFN2O/c1-18(9-10-4-3-7-17-8-10)14(19)13-11(15)5-2-6-12(13)16/h2,5-6,10,17H,3-4,7-9H2,1H3. The van der Waals surface area contributed by atoms with E-state index in [0.717, 1.165) is 25.9 Å². The van der Waals surface area contributed by atoms with Gasteiger partial charge in [0.2, 0.25) is 0 Å². The second kappa shape index (κ2) is 6.48. The van der Waals surface area contributed by atoms with Gasteiger partial charge in [-0.1, -0.05) is 6.07 Å². The molecule has 5 heteroatoms. The summed E-state index contributed by atoms with van der Waals surface area (Å²) >= 11 is 3.24. The molecule has 1 amide bonds. The Bertz CT molecular complexity index is 441. The highest BCUT2D eigenvalue weighted by Crippen LogP contribution is 2.22. The Labute approximate surface area is 121 Å². The van der Waals surface area contributed by atoms with Gasteiger partial charge in [0.25, 0.3) is 5.91 Å². The van der Waals surface area contributed by atoms with Crippen molar-refractivity contribution in [1.82, 2.24) is 10.2 Å². The molecule has 0 saturated carbocycles. The third-order valence-electron chi connectivity index (χ3n) is 3.45. The van der Waals surface area contributed by atoms with Gasteiger partial charge in [0.15, 0.2) is 0 Å². The zero-order valence-electron chi connectivity index (χ0n) is 11.0. The van der Waals surface area contributed by atoms with Crippen LogP contribution < -0.4 is 5.32 Å². The molecule has 1 aliphatic heterocycles. The lowest BCUT2D eigenvalue weighted by molar-refractivity contribution is 0.0759. The summed E-state index contributed by atoms with van der Waals surface area (Å²) in [4.78, 5) is 13.9. The number of halogens is 2. The molecule has 0 radical (unpaired) electrons. The summed E-state index contributed by atoms with van der Waals surface area (Å²) in [5.74, 6) is -0.295.